The molecule has 114 valence electrons. The Morgan fingerprint density at radius 3 is 2.21 bits per heavy atom. The Morgan fingerprint density at radius 2 is 1.79 bits per heavy atom. The molecule has 0 heterocycles. The Kier molecular flexibility index (Phi) is 9.77. The molecule has 1 unspecified atom stereocenters. The zero-order valence-electron chi connectivity index (χ0n) is 12.4. The van der Waals surface area contributed by atoms with Crippen LogP contribution in [0.4, 0.5) is 0 Å². The van der Waals surface area contributed by atoms with E-state index in [2.05, 4.69) is 5.32 Å². The monoisotopic (exact) mass is 277 g/mol. The van der Waals surface area contributed by atoms with E-state index in [1.807, 2.05) is 20.8 Å². The molecule has 0 aromatic carbocycles. The molecule has 6 heteroatoms. The van der Waals surface area contributed by atoms with Crippen LogP contribution < -0.4 is 5.32 Å². The smallest absolute Gasteiger partial charge is 0.278 e. The van der Waals surface area contributed by atoms with E-state index in [-0.39, 0.29) is 18.9 Å². The van der Waals surface area contributed by atoms with Crippen LogP contribution in [0.3, 0.4) is 0 Å². The van der Waals surface area contributed by atoms with Crippen molar-refractivity contribution >= 4 is 5.91 Å². The minimum atomic E-state index is -1.27. The Morgan fingerprint density at radius 1 is 1.21 bits per heavy atom. The molecule has 1 amide bonds. The fourth-order valence-electron chi connectivity index (χ4n) is 1.74. The van der Waals surface area contributed by atoms with Gasteiger partial charge in [0, 0.05) is 32.8 Å². The lowest BCUT2D eigenvalue weighted by Gasteiger charge is -2.38. The number of amides is 1. The number of rotatable bonds is 11. The van der Waals surface area contributed by atoms with Crippen molar-refractivity contribution in [1.82, 2.24) is 5.32 Å². The third-order valence-corrected chi connectivity index (χ3v) is 2.54. The first-order valence-corrected chi connectivity index (χ1v) is 6.87. The molecule has 19 heavy (non-hydrogen) atoms. The molecule has 0 aliphatic carbocycles. The molecule has 0 aromatic heterocycles. The van der Waals surface area contributed by atoms with Crippen LogP contribution in [0, 0.1) is 0 Å². The fourth-order valence-corrected chi connectivity index (χ4v) is 1.74. The number of hydrogen-bond donors (Lipinski definition) is 2. The van der Waals surface area contributed by atoms with E-state index in [1.54, 1.807) is 6.92 Å². The highest BCUT2D eigenvalue weighted by Gasteiger charge is 2.40. The van der Waals surface area contributed by atoms with E-state index in [0.29, 0.717) is 26.2 Å². The molecule has 0 radical (unpaired) electrons. The average Bonchev–Trinajstić information content (AvgIpc) is 2.37. The summed E-state index contributed by atoms with van der Waals surface area (Å²) in [6.07, 6.45) is 0.191. The van der Waals surface area contributed by atoms with Crippen LogP contribution in [0.2, 0.25) is 0 Å². The second kappa shape index (κ2) is 10.1. The first-order chi connectivity index (χ1) is 9.06. The van der Waals surface area contributed by atoms with Crippen LogP contribution in [-0.2, 0) is 19.0 Å². The van der Waals surface area contributed by atoms with Crippen LogP contribution in [-0.4, -0.2) is 49.5 Å². The Balaban J connectivity index is 4.82. The van der Waals surface area contributed by atoms with Gasteiger partial charge in [0.1, 0.15) is 6.10 Å². The summed E-state index contributed by atoms with van der Waals surface area (Å²) in [7, 11) is 0. The minimum Gasteiger partial charge on any atom is -0.396 e. The summed E-state index contributed by atoms with van der Waals surface area (Å²) in [6, 6.07) is 0. The highest BCUT2D eigenvalue weighted by Crippen LogP contribution is 2.19. The lowest BCUT2D eigenvalue weighted by atomic mass is 10.2. The molecule has 0 aromatic rings. The summed E-state index contributed by atoms with van der Waals surface area (Å²) in [5.74, 6) is -1.51. The van der Waals surface area contributed by atoms with Gasteiger partial charge in [-0.2, -0.15) is 0 Å². The van der Waals surface area contributed by atoms with Crippen molar-refractivity contribution in [1.29, 1.82) is 0 Å². The Hall–Kier alpha value is -0.690. The second-order valence-corrected chi connectivity index (χ2v) is 4.01. The summed E-state index contributed by atoms with van der Waals surface area (Å²) in [5, 5.41) is 11.5. The van der Waals surface area contributed by atoms with Crippen LogP contribution in [0.5, 0.6) is 0 Å². The number of carbonyl (C=O) groups excluding carboxylic acids is 1. The maximum Gasteiger partial charge on any atom is 0.278 e. The first-order valence-electron chi connectivity index (χ1n) is 6.87. The van der Waals surface area contributed by atoms with Gasteiger partial charge >= 0.3 is 0 Å². The van der Waals surface area contributed by atoms with Gasteiger partial charge in [0.25, 0.3) is 5.91 Å². The lowest BCUT2D eigenvalue weighted by Crippen LogP contribution is -2.60. The van der Waals surface area contributed by atoms with E-state index in [9.17, 15) is 4.79 Å². The molecule has 0 aliphatic heterocycles. The summed E-state index contributed by atoms with van der Waals surface area (Å²) in [5.41, 5.74) is 0. The molecule has 0 aliphatic rings. The van der Waals surface area contributed by atoms with Gasteiger partial charge < -0.3 is 24.6 Å². The van der Waals surface area contributed by atoms with Gasteiger partial charge in [0.05, 0.1) is 0 Å². The lowest BCUT2D eigenvalue weighted by molar-refractivity contribution is -0.298. The first kappa shape index (κ1) is 18.3. The van der Waals surface area contributed by atoms with Gasteiger partial charge in [-0.05, 0) is 34.1 Å². The van der Waals surface area contributed by atoms with Crippen LogP contribution in [0.1, 0.15) is 40.5 Å². The molecule has 0 saturated heterocycles. The van der Waals surface area contributed by atoms with Gasteiger partial charge in [-0.3, -0.25) is 4.79 Å². The molecule has 6 nitrogen and oxygen atoms in total. The van der Waals surface area contributed by atoms with Crippen molar-refractivity contribution in [2.45, 2.75) is 52.6 Å². The summed E-state index contributed by atoms with van der Waals surface area (Å²) in [4.78, 5) is 11.8. The van der Waals surface area contributed by atoms with Crippen LogP contribution in [0.25, 0.3) is 0 Å². The minimum absolute atomic E-state index is 0.0231. The third-order valence-electron chi connectivity index (χ3n) is 2.54. The van der Waals surface area contributed by atoms with Gasteiger partial charge in [-0.15, -0.1) is 0 Å². The topological polar surface area (TPSA) is 77.0 Å². The van der Waals surface area contributed by atoms with Crippen LogP contribution in [0.15, 0.2) is 0 Å². The largest absolute Gasteiger partial charge is 0.396 e. The van der Waals surface area contributed by atoms with Gasteiger partial charge in [-0.1, -0.05) is 0 Å². The quantitative estimate of drug-likeness (QED) is 0.552. The summed E-state index contributed by atoms with van der Waals surface area (Å²) >= 11 is 0. The fraction of sp³-hybridized carbons (Fsp3) is 0.923. The normalized spacial score (nSPS) is 13.3. The zero-order chi connectivity index (χ0) is 14.7. The Labute approximate surface area is 115 Å². The zero-order valence-corrected chi connectivity index (χ0v) is 12.4. The standard InChI is InChI=1S/C13H27NO5/c1-5-17-11(4)13(18-6-2,19-7-3)14-12(16)9-8-10-15/h11,15H,5-10H2,1-4H3,(H,14,16). The molecule has 0 rings (SSSR count). The highest BCUT2D eigenvalue weighted by molar-refractivity contribution is 5.76. The van der Waals surface area contributed by atoms with Crippen molar-refractivity contribution in [3.8, 4) is 0 Å². The van der Waals surface area contributed by atoms with Crippen molar-refractivity contribution in [2.24, 2.45) is 0 Å². The van der Waals surface area contributed by atoms with E-state index >= 15 is 0 Å². The molecule has 0 fully saturated rings. The van der Waals surface area contributed by atoms with E-state index in [0.717, 1.165) is 0 Å². The number of hydrogen-bond acceptors (Lipinski definition) is 5. The maximum atomic E-state index is 11.8. The summed E-state index contributed by atoms with van der Waals surface area (Å²) < 4.78 is 16.7. The van der Waals surface area contributed by atoms with E-state index < -0.39 is 12.0 Å². The second-order valence-electron chi connectivity index (χ2n) is 4.01. The number of ether oxygens (including phenoxy) is 3. The van der Waals surface area contributed by atoms with Gasteiger partial charge in [0.2, 0.25) is 5.91 Å². The van der Waals surface area contributed by atoms with Crippen molar-refractivity contribution in [3.05, 3.63) is 0 Å². The molecule has 0 saturated carbocycles. The van der Waals surface area contributed by atoms with Gasteiger partial charge in [-0.25, -0.2) is 0 Å². The number of aliphatic hydroxyl groups is 1. The van der Waals surface area contributed by atoms with Crippen molar-refractivity contribution in [3.63, 3.8) is 0 Å². The maximum absolute atomic E-state index is 11.8. The molecule has 2 N–H and O–H groups in total. The predicted molar refractivity (Wildman–Crippen MR) is 71.5 cm³/mol. The number of carbonyl (C=O) groups is 1. The molecular weight excluding hydrogens is 250 g/mol. The average molecular weight is 277 g/mol. The Bertz CT molecular complexity index is 241. The van der Waals surface area contributed by atoms with Crippen molar-refractivity contribution < 1.29 is 24.1 Å². The molecule has 1 atom stereocenters. The number of aliphatic hydroxyl groups excluding tert-OH is 1. The SMILES string of the molecule is CCOC(C)C(NC(=O)CCCO)(OCC)OCC. The van der Waals surface area contributed by atoms with Crippen molar-refractivity contribution in [2.75, 3.05) is 26.4 Å². The van der Waals surface area contributed by atoms with Crippen LogP contribution >= 0.6 is 0 Å². The molecule has 0 bridgehead atoms. The van der Waals surface area contributed by atoms with Gasteiger partial charge in [0.15, 0.2) is 0 Å². The van der Waals surface area contributed by atoms with E-state index in [4.69, 9.17) is 19.3 Å². The molecular formula is C13H27NO5. The molecule has 0 spiro atoms. The van der Waals surface area contributed by atoms with E-state index in [1.165, 1.54) is 0 Å². The number of nitrogens with one attached hydrogen (secondary N) is 1. The third kappa shape index (κ3) is 6.33. The predicted octanol–water partition coefficient (Wildman–Crippen LogP) is 1.03. The summed E-state index contributed by atoms with van der Waals surface area (Å²) in [6.45, 7) is 8.56. The highest BCUT2D eigenvalue weighted by atomic mass is 16.7.